The third kappa shape index (κ3) is 3.81. The molecule has 1 aromatic rings. The van der Waals surface area contributed by atoms with E-state index in [2.05, 4.69) is 15.6 Å². The van der Waals surface area contributed by atoms with Gasteiger partial charge in [-0.1, -0.05) is 19.8 Å². The van der Waals surface area contributed by atoms with Crippen molar-refractivity contribution in [1.29, 1.82) is 0 Å². The minimum absolute atomic E-state index is 0.0368. The van der Waals surface area contributed by atoms with Crippen LogP contribution in [-0.2, 0) is 0 Å². The number of nitrogens with zero attached hydrogens (tertiary/aromatic N) is 1. The first-order valence-electron chi connectivity index (χ1n) is 7.55. The molecule has 0 bridgehead atoms. The Kier molecular flexibility index (Phi) is 5.33. The highest BCUT2D eigenvalue weighted by Gasteiger charge is 2.33. The second kappa shape index (κ2) is 7.02. The lowest BCUT2D eigenvalue weighted by molar-refractivity contribution is 0.142. The van der Waals surface area contributed by atoms with E-state index in [1.165, 1.54) is 0 Å². The van der Waals surface area contributed by atoms with Gasteiger partial charge in [0.2, 0.25) is 0 Å². The predicted octanol–water partition coefficient (Wildman–Crippen LogP) is 3.15. The van der Waals surface area contributed by atoms with Gasteiger partial charge in [-0.3, -0.25) is 0 Å². The van der Waals surface area contributed by atoms with Crippen molar-refractivity contribution in [3.63, 3.8) is 0 Å². The first-order valence-corrected chi connectivity index (χ1v) is 7.55. The highest BCUT2D eigenvalue weighted by molar-refractivity contribution is 5.47. The lowest BCUT2D eigenvalue weighted by atomic mass is 9.87. The zero-order valence-electron chi connectivity index (χ0n) is 12.4. The summed E-state index contributed by atoms with van der Waals surface area (Å²) in [5.74, 6) is -1.30. The number of hydrogen-bond donors (Lipinski definition) is 3. The van der Waals surface area contributed by atoms with Gasteiger partial charge < -0.3 is 15.7 Å². The topological polar surface area (TPSA) is 57.2 Å². The van der Waals surface area contributed by atoms with Crippen LogP contribution in [0.3, 0.4) is 0 Å². The summed E-state index contributed by atoms with van der Waals surface area (Å²) in [6, 6.07) is 0.841. The van der Waals surface area contributed by atoms with Crippen LogP contribution in [0.15, 0.2) is 6.07 Å². The van der Waals surface area contributed by atoms with E-state index in [0.717, 1.165) is 38.2 Å². The van der Waals surface area contributed by atoms with Gasteiger partial charge in [-0.2, -0.15) is 0 Å². The number of aliphatic hydroxyl groups excluding tert-OH is 1. The summed E-state index contributed by atoms with van der Waals surface area (Å²) in [7, 11) is 0. The normalized spacial score (nSPS) is 17.0. The Morgan fingerprint density at radius 2 is 1.81 bits per heavy atom. The molecule has 0 saturated heterocycles. The van der Waals surface area contributed by atoms with Gasteiger partial charge in [-0.25, -0.2) is 13.8 Å². The molecule has 3 N–H and O–H groups in total. The maximum Gasteiger partial charge on any atom is 0.168 e. The van der Waals surface area contributed by atoms with Crippen molar-refractivity contribution in [2.45, 2.75) is 39.0 Å². The van der Waals surface area contributed by atoms with Gasteiger partial charge >= 0.3 is 0 Å². The molecule has 0 atom stereocenters. The minimum Gasteiger partial charge on any atom is -0.396 e. The van der Waals surface area contributed by atoms with Crippen LogP contribution in [0.1, 0.15) is 39.0 Å². The van der Waals surface area contributed by atoms with Crippen LogP contribution < -0.4 is 10.6 Å². The number of rotatable bonds is 7. The number of nitrogens with one attached hydrogen (secondary N) is 2. The van der Waals surface area contributed by atoms with Gasteiger partial charge in [-0.15, -0.1) is 0 Å². The van der Waals surface area contributed by atoms with Crippen molar-refractivity contribution >= 4 is 11.6 Å². The van der Waals surface area contributed by atoms with Crippen LogP contribution in [0.25, 0.3) is 0 Å². The fourth-order valence-corrected chi connectivity index (χ4v) is 2.74. The van der Waals surface area contributed by atoms with Gasteiger partial charge in [0.15, 0.2) is 23.3 Å². The lowest BCUT2D eigenvalue weighted by Crippen LogP contribution is -2.31. The standard InChI is InChI=1S/C15H23F2N3O/c1-2-7-18-13-11(16)8-12(17)14(20-13)19-9-15(10-21)5-3-4-6-15/h8,21H,2-7,9-10H2,1H3,(H2,18,19,20). The van der Waals surface area contributed by atoms with Gasteiger partial charge in [0, 0.05) is 24.6 Å². The van der Waals surface area contributed by atoms with E-state index in [0.29, 0.717) is 13.1 Å². The Morgan fingerprint density at radius 1 is 1.19 bits per heavy atom. The first kappa shape index (κ1) is 15.9. The van der Waals surface area contributed by atoms with Crippen LogP contribution in [0.4, 0.5) is 20.4 Å². The maximum atomic E-state index is 13.8. The molecule has 4 nitrogen and oxygen atoms in total. The molecule has 6 heteroatoms. The van der Waals surface area contributed by atoms with Gasteiger partial charge in [0.1, 0.15) is 0 Å². The maximum absolute atomic E-state index is 13.8. The Balaban J connectivity index is 2.08. The molecule has 0 radical (unpaired) electrons. The van der Waals surface area contributed by atoms with Crippen molar-refractivity contribution in [3.8, 4) is 0 Å². The van der Waals surface area contributed by atoms with Crippen LogP contribution in [0.5, 0.6) is 0 Å². The summed E-state index contributed by atoms with van der Waals surface area (Å²) in [6.45, 7) is 3.06. The average Bonchev–Trinajstić information content (AvgIpc) is 2.95. The highest BCUT2D eigenvalue weighted by Crippen LogP contribution is 2.37. The monoisotopic (exact) mass is 299 g/mol. The molecule has 0 aromatic carbocycles. The van der Waals surface area contributed by atoms with Crippen molar-refractivity contribution in [2.75, 3.05) is 30.3 Å². The molecule has 0 amide bonds. The summed E-state index contributed by atoms with van der Waals surface area (Å²) >= 11 is 0. The van der Waals surface area contributed by atoms with Gasteiger partial charge in [-0.05, 0) is 19.3 Å². The second-order valence-corrected chi connectivity index (χ2v) is 5.79. The number of aromatic nitrogens is 1. The number of pyridine rings is 1. The fourth-order valence-electron chi connectivity index (χ4n) is 2.74. The quantitative estimate of drug-likeness (QED) is 0.724. The van der Waals surface area contributed by atoms with E-state index in [-0.39, 0.29) is 23.7 Å². The number of halogens is 2. The minimum atomic E-state index is -0.708. The van der Waals surface area contributed by atoms with E-state index >= 15 is 0 Å². The fraction of sp³-hybridized carbons (Fsp3) is 0.667. The van der Waals surface area contributed by atoms with Crippen molar-refractivity contribution in [3.05, 3.63) is 17.7 Å². The zero-order valence-corrected chi connectivity index (χ0v) is 12.4. The highest BCUT2D eigenvalue weighted by atomic mass is 19.1. The molecule has 1 aliphatic carbocycles. The molecule has 0 spiro atoms. The van der Waals surface area contributed by atoms with Crippen LogP contribution in [0.2, 0.25) is 0 Å². The summed E-state index contributed by atoms with van der Waals surface area (Å²) in [5.41, 5.74) is -0.209. The molecule has 2 rings (SSSR count). The van der Waals surface area contributed by atoms with Crippen LogP contribution in [0, 0.1) is 17.0 Å². The largest absolute Gasteiger partial charge is 0.396 e. The Labute approximate surface area is 124 Å². The van der Waals surface area contributed by atoms with E-state index in [1.807, 2.05) is 6.92 Å². The average molecular weight is 299 g/mol. The molecule has 1 heterocycles. The summed E-state index contributed by atoms with van der Waals surface area (Å²) in [6.07, 6.45) is 4.81. The third-order valence-electron chi connectivity index (χ3n) is 4.10. The van der Waals surface area contributed by atoms with E-state index in [9.17, 15) is 13.9 Å². The number of aliphatic hydroxyl groups is 1. The summed E-state index contributed by atoms with van der Waals surface area (Å²) in [4.78, 5) is 3.98. The molecule has 118 valence electrons. The smallest absolute Gasteiger partial charge is 0.168 e. The van der Waals surface area contributed by atoms with Crippen LogP contribution in [-0.4, -0.2) is 29.8 Å². The van der Waals surface area contributed by atoms with Crippen LogP contribution >= 0.6 is 0 Å². The predicted molar refractivity (Wildman–Crippen MR) is 79.4 cm³/mol. The Morgan fingerprint density at radius 3 is 2.38 bits per heavy atom. The first-order chi connectivity index (χ1) is 10.1. The van der Waals surface area contributed by atoms with Crippen molar-refractivity contribution < 1.29 is 13.9 Å². The van der Waals surface area contributed by atoms with E-state index < -0.39 is 11.6 Å². The Hall–Kier alpha value is -1.43. The molecule has 0 aliphatic heterocycles. The van der Waals surface area contributed by atoms with Gasteiger partial charge in [0.05, 0.1) is 6.61 Å². The number of hydrogen-bond acceptors (Lipinski definition) is 4. The molecular formula is C15H23F2N3O. The molecule has 1 saturated carbocycles. The molecule has 1 aliphatic rings. The van der Waals surface area contributed by atoms with Gasteiger partial charge in [0.25, 0.3) is 0 Å². The molecule has 21 heavy (non-hydrogen) atoms. The van der Waals surface area contributed by atoms with Crippen molar-refractivity contribution in [2.24, 2.45) is 5.41 Å². The number of anilines is 2. The summed E-state index contributed by atoms with van der Waals surface area (Å²) < 4.78 is 27.4. The molecular weight excluding hydrogens is 276 g/mol. The van der Waals surface area contributed by atoms with Crippen molar-refractivity contribution in [1.82, 2.24) is 4.98 Å². The summed E-state index contributed by atoms with van der Waals surface area (Å²) in [5, 5.41) is 15.3. The Bertz CT molecular complexity index is 476. The molecule has 0 unspecified atom stereocenters. The van der Waals surface area contributed by atoms with E-state index in [1.54, 1.807) is 0 Å². The molecule has 1 fully saturated rings. The lowest BCUT2D eigenvalue weighted by Gasteiger charge is -2.27. The molecule has 1 aromatic heterocycles. The second-order valence-electron chi connectivity index (χ2n) is 5.79. The zero-order chi connectivity index (χ0) is 15.3. The van der Waals surface area contributed by atoms with E-state index in [4.69, 9.17) is 0 Å². The SMILES string of the molecule is CCCNc1nc(NCC2(CO)CCCC2)c(F)cc1F. The third-order valence-corrected chi connectivity index (χ3v) is 4.10.